The third-order valence-electron chi connectivity index (χ3n) is 3.17. The normalized spacial score (nSPS) is 20.7. The molecule has 1 aliphatic heterocycles. The van der Waals surface area contributed by atoms with Gasteiger partial charge < -0.3 is 19.9 Å². The minimum Gasteiger partial charge on any atom is -0.480 e. The Kier molecular flexibility index (Phi) is 6.41. The summed E-state index contributed by atoms with van der Waals surface area (Å²) in [5.41, 5.74) is -0.703. The molecule has 23 heavy (non-hydrogen) atoms. The maximum absolute atomic E-state index is 12.1. The average Bonchev–Trinajstić information content (AvgIpc) is 2.85. The molecule has 1 aliphatic rings. The SMILES string of the molecule is C=CCOC(=O)NC[C@@H]1C[C@@H](C(=O)O)N(C(=O)OC(C)(C)C)C1. The first kappa shape index (κ1) is 18.8. The Labute approximate surface area is 135 Å². The zero-order valence-electron chi connectivity index (χ0n) is 13.7. The third kappa shape index (κ3) is 6.17. The van der Waals surface area contributed by atoms with E-state index in [0.717, 1.165) is 0 Å². The van der Waals surface area contributed by atoms with Crippen molar-refractivity contribution in [2.45, 2.75) is 38.8 Å². The molecule has 2 amide bonds. The first-order valence-corrected chi connectivity index (χ1v) is 7.38. The second-order valence-electron chi connectivity index (χ2n) is 6.36. The zero-order valence-corrected chi connectivity index (χ0v) is 13.7. The van der Waals surface area contributed by atoms with Gasteiger partial charge in [0.05, 0.1) is 0 Å². The Morgan fingerprint density at radius 3 is 2.57 bits per heavy atom. The molecule has 1 rings (SSSR count). The molecule has 1 heterocycles. The summed E-state index contributed by atoms with van der Waals surface area (Å²) in [4.78, 5) is 36.0. The van der Waals surface area contributed by atoms with Crippen molar-refractivity contribution in [3.63, 3.8) is 0 Å². The van der Waals surface area contributed by atoms with Crippen LogP contribution in [0.25, 0.3) is 0 Å². The highest BCUT2D eigenvalue weighted by molar-refractivity contribution is 5.81. The predicted octanol–water partition coefficient (Wildman–Crippen LogP) is 1.61. The van der Waals surface area contributed by atoms with Crippen LogP contribution >= 0.6 is 0 Å². The number of hydrogen-bond donors (Lipinski definition) is 2. The van der Waals surface area contributed by atoms with E-state index in [9.17, 15) is 19.5 Å². The number of alkyl carbamates (subject to hydrolysis) is 1. The maximum Gasteiger partial charge on any atom is 0.411 e. The average molecular weight is 328 g/mol. The van der Waals surface area contributed by atoms with Gasteiger partial charge >= 0.3 is 18.2 Å². The quantitative estimate of drug-likeness (QED) is 0.743. The van der Waals surface area contributed by atoms with E-state index in [4.69, 9.17) is 9.47 Å². The molecule has 0 aromatic rings. The Morgan fingerprint density at radius 2 is 2.04 bits per heavy atom. The molecule has 0 unspecified atom stereocenters. The number of nitrogens with zero attached hydrogens (tertiary/aromatic N) is 1. The largest absolute Gasteiger partial charge is 0.480 e. The summed E-state index contributed by atoms with van der Waals surface area (Å²) in [7, 11) is 0. The van der Waals surface area contributed by atoms with Gasteiger partial charge in [-0.15, -0.1) is 0 Å². The molecule has 130 valence electrons. The fourth-order valence-electron chi connectivity index (χ4n) is 2.24. The Bertz CT molecular complexity index is 471. The summed E-state index contributed by atoms with van der Waals surface area (Å²) in [6.07, 6.45) is 0.421. The van der Waals surface area contributed by atoms with Crippen molar-refractivity contribution in [1.29, 1.82) is 0 Å². The lowest BCUT2D eigenvalue weighted by Crippen LogP contribution is -2.43. The molecule has 1 saturated heterocycles. The lowest BCUT2D eigenvalue weighted by molar-refractivity contribution is -0.142. The summed E-state index contributed by atoms with van der Waals surface area (Å²) >= 11 is 0. The number of hydrogen-bond acceptors (Lipinski definition) is 5. The zero-order chi connectivity index (χ0) is 17.6. The highest BCUT2D eigenvalue weighted by atomic mass is 16.6. The van der Waals surface area contributed by atoms with Crippen LogP contribution in [0.2, 0.25) is 0 Å². The van der Waals surface area contributed by atoms with Gasteiger partial charge in [-0.05, 0) is 33.1 Å². The molecule has 2 atom stereocenters. The number of carbonyl (C=O) groups excluding carboxylic acids is 2. The van der Waals surface area contributed by atoms with Gasteiger partial charge in [0.15, 0.2) is 0 Å². The Balaban J connectivity index is 2.60. The van der Waals surface area contributed by atoms with Crippen molar-refractivity contribution in [3.8, 4) is 0 Å². The van der Waals surface area contributed by atoms with Crippen LogP contribution in [0.15, 0.2) is 12.7 Å². The van der Waals surface area contributed by atoms with E-state index < -0.39 is 29.8 Å². The standard InChI is InChI=1S/C15H24N2O6/c1-5-6-22-13(20)16-8-10-7-11(12(18)19)17(9-10)14(21)23-15(2,3)4/h5,10-11H,1,6-9H2,2-4H3,(H,16,20)(H,18,19)/t10-,11-/m0/s1. The fourth-order valence-corrected chi connectivity index (χ4v) is 2.24. The summed E-state index contributed by atoms with van der Waals surface area (Å²) in [6.45, 7) is 9.09. The topological polar surface area (TPSA) is 105 Å². The molecule has 0 aliphatic carbocycles. The molecule has 0 saturated carbocycles. The summed E-state index contributed by atoms with van der Waals surface area (Å²) in [6, 6.07) is -0.958. The van der Waals surface area contributed by atoms with Crippen LogP contribution < -0.4 is 5.32 Å². The van der Waals surface area contributed by atoms with Gasteiger partial charge in [0, 0.05) is 13.1 Å². The van der Waals surface area contributed by atoms with Crippen molar-refractivity contribution < 1.29 is 29.0 Å². The number of nitrogens with one attached hydrogen (secondary N) is 1. The van der Waals surface area contributed by atoms with Gasteiger partial charge in [0.2, 0.25) is 0 Å². The number of rotatable bonds is 5. The monoisotopic (exact) mass is 328 g/mol. The molecular formula is C15H24N2O6. The number of amides is 2. The third-order valence-corrected chi connectivity index (χ3v) is 3.17. The van der Waals surface area contributed by atoms with Gasteiger partial charge in [-0.2, -0.15) is 0 Å². The summed E-state index contributed by atoms with van der Waals surface area (Å²) in [5, 5.41) is 11.8. The first-order chi connectivity index (χ1) is 10.6. The van der Waals surface area contributed by atoms with Gasteiger partial charge in [0.1, 0.15) is 18.2 Å². The highest BCUT2D eigenvalue weighted by Crippen LogP contribution is 2.25. The number of likely N-dealkylation sites (tertiary alicyclic amines) is 1. The van der Waals surface area contributed by atoms with Gasteiger partial charge in [-0.3, -0.25) is 4.90 Å². The van der Waals surface area contributed by atoms with Crippen molar-refractivity contribution in [3.05, 3.63) is 12.7 Å². The molecule has 0 spiro atoms. The highest BCUT2D eigenvalue weighted by Gasteiger charge is 2.41. The minimum absolute atomic E-state index is 0.0955. The van der Waals surface area contributed by atoms with Gasteiger partial charge in [0.25, 0.3) is 0 Å². The molecule has 8 nitrogen and oxygen atoms in total. The number of carboxylic acids is 1. The minimum atomic E-state index is -1.09. The van der Waals surface area contributed by atoms with E-state index in [-0.39, 0.29) is 32.0 Å². The van der Waals surface area contributed by atoms with E-state index >= 15 is 0 Å². The number of aliphatic carboxylic acids is 1. The van der Waals surface area contributed by atoms with E-state index in [1.807, 2.05) is 0 Å². The summed E-state index contributed by atoms with van der Waals surface area (Å²) < 4.78 is 10.0. The maximum atomic E-state index is 12.1. The molecular weight excluding hydrogens is 304 g/mol. The van der Waals surface area contributed by atoms with Gasteiger partial charge in [-0.25, -0.2) is 14.4 Å². The Hall–Kier alpha value is -2.25. The van der Waals surface area contributed by atoms with Crippen molar-refractivity contribution in [2.75, 3.05) is 19.7 Å². The second kappa shape index (κ2) is 7.85. The summed E-state index contributed by atoms with van der Waals surface area (Å²) in [5.74, 6) is -1.27. The molecule has 1 fully saturated rings. The van der Waals surface area contributed by atoms with Crippen LogP contribution in [0.5, 0.6) is 0 Å². The van der Waals surface area contributed by atoms with Crippen LogP contribution in [-0.4, -0.2) is 59.5 Å². The predicted molar refractivity (Wildman–Crippen MR) is 82.0 cm³/mol. The van der Waals surface area contributed by atoms with E-state index in [1.165, 1.54) is 11.0 Å². The molecule has 0 aromatic carbocycles. The van der Waals surface area contributed by atoms with Crippen LogP contribution in [0.3, 0.4) is 0 Å². The van der Waals surface area contributed by atoms with Crippen LogP contribution in [-0.2, 0) is 14.3 Å². The van der Waals surface area contributed by atoms with E-state index in [1.54, 1.807) is 20.8 Å². The van der Waals surface area contributed by atoms with E-state index in [0.29, 0.717) is 0 Å². The van der Waals surface area contributed by atoms with E-state index in [2.05, 4.69) is 11.9 Å². The number of carbonyl (C=O) groups is 3. The number of ether oxygens (including phenoxy) is 2. The fraction of sp³-hybridized carbons (Fsp3) is 0.667. The molecule has 8 heteroatoms. The van der Waals surface area contributed by atoms with Crippen LogP contribution in [0.4, 0.5) is 9.59 Å². The van der Waals surface area contributed by atoms with Crippen LogP contribution in [0, 0.1) is 5.92 Å². The van der Waals surface area contributed by atoms with Crippen LogP contribution in [0.1, 0.15) is 27.2 Å². The lowest BCUT2D eigenvalue weighted by Gasteiger charge is -2.26. The number of carboxylic acid groups (broad SMARTS) is 1. The van der Waals surface area contributed by atoms with Crippen molar-refractivity contribution >= 4 is 18.2 Å². The van der Waals surface area contributed by atoms with Crippen molar-refractivity contribution in [1.82, 2.24) is 10.2 Å². The first-order valence-electron chi connectivity index (χ1n) is 7.38. The van der Waals surface area contributed by atoms with Gasteiger partial charge in [-0.1, -0.05) is 12.7 Å². The lowest BCUT2D eigenvalue weighted by atomic mass is 10.1. The molecule has 0 radical (unpaired) electrons. The molecule has 0 aromatic heterocycles. The van der Waals surface area contributed by atoms with Crippen molar-refractivity contribution in [2.24, 2.45) is 5.92 Å². The molecule has 2 N–H and O–H groups in total. The Morgan fingerprint density at radius 1 is 1.39 bits per heavy atom. The smallest absolute Gasteiger partial charge is 0.411 e. The molecule has 0 bridgehead atoms. The second-order valence-corrected chi connectivity index (χ2v) is 6.36.